The topological polar surface area (TPSA) is 79.3 Å². The smallest absolute Gasteiger partial charge is 0.248 e. The number of pyridine rings is 1. The van der Waals surface area contributed by atoms with Crippen LogP contribution in [0.2, 0.25) is 0 Å². The molecule has 1 heterocycles. The highest BCUT2D eigenvalue weighted by molar-refractivity contribution is 6.14. The van der Waals surface area contributed by atoms with Gasteiger partial charge in [-0.1, -0.05) is 30.3 Å². The second kappa shape index (κ2) is 6.88. The molecular weight excluding hydrogens is 328 g/mol. The Morgan fingerprint density at radius 1 is 1.00 bits per heavy atom. The highest BCUT2D eigenvalue weighted by Gasteiger charge is 2.25. The number of hydrogen-bond donors (Lipinski definition) is 1. The van der Waals surface area contributed by atoms with E-state index in [1.807, 2.05) is 32.0 Å². The van der Waals surface area contributed by atoms with Gasteiger partial charge in [-0.3, -0.25) is 4.79 Å². The summed E-state index contributed by atoms with van der Waals surface area (Å²) in [7, 11) is 1.51. The normalized spacial score (nSPS) is 10.6. The number of carbonyl (C=O) groups is 1. The van der Waals surface area contributed by atoms with Crippen LogP contribution >= 0.6 is 0 Å². The van der Waals surface area contributed by atoms with Crippen molar-refractivity contribution in [3.05, 3.63) is 82.2 Å². The van der Waals surface area contributed by atoms with Crippen molar-refractivity contribution in [3.63, 3.8) is 0 Å². The number of benzene rings is 2. The molecule has 0 aliphatic carbocycles. The zero-order valence-corrected chi connectivity index (χ0v) is 14.9. The number of nitrogens with zero attached hydrogens (tertiary/aromatic N) is 1. The average Bonchev–Trinajstić information content (AvgIpc) is 2.63. The van der Waals surface area contributed by atoms with Gasteiger partial charge in [0.2, 0.25) is 5.69 Å². The number of aromatic nitrogens is 1. The Bertz CT molecular complexity index is 976. The predicted octanol–water partition coefficient (Wildman–Crippen LogP) is 3.43. The maximum atomic E-state index is 13.0. The molecule has 26 heavy (non-hydrogen) atoms. The molecule has 3 rings (SSSR count). The summed E-state index contributed by atoms with van der Waals surface area (Å²) in [5.74, 6) is 0.178. The van der Waals surface area contributed by atoms with Crippen molar-refractivity contribution in [3.8, 4) is 17.0 Å². The average molecular weight is 348 g/mol. The molecule has 5 heteroatoms. The van der Waals surface area contributed by atoms with Crippen LogP contribution in [0.3, 0.4) is 0 Å². The zero-order valence-electron chi connectivity index (χ0n) is 14.9. The van der Waals surface area contributed by atoms with E-state index in [1.165, 1.54) is 19.4 Å². The van der Waals surface area contributed by atoms with Gasteiger partial charge in [0.1, 0.15) is 11.4 Å². The lowest BCUT2D eigenvalue weighted by atomic mass is 9.94. The largest absolute Gasteiger partial charge is 0.618 e. The molecule has 0 fully saturated rings. The summed E-state index contributed by atoms with van der Waals surface area (Å²) in [5.41, 5.74) is 10.0. The Balaban J connectivity index is 2.22. The predicted molar refractivity (Wildman–Crippen MR) is 101 cm³/mol. The molecule has 0 atom stereocenters. The molecule has 0 aliphatic heterocycles. The molecule has 0 unspecified atom stereocenters. The van der Waals surface area contributed by atoms with Crippen molar-refractivity contribution in [1.29, 1.82) is 0 Å². The van der Waals surface area contributed by atoms with E-state index in [4.69, 9.17) is 10.5 Å². The lowest BCUT2D eigenvalue weighted by Crippen LogP contribution is -2.31. The molecule has 0 amide bonds. The molecule has 132 valence electrons. The van der Waals surface area contributed by atoms with E-state index >= 15 is 0 Å². The number of para-hydroxylation sites is 1. The summed E-state index contributed by atoms with van der Waals surface area (Å²) in [6.07, 6.45) is 1.32. The van der Waals surface area contributed by atoms with Crippen LogP contribution in [0.25, 0.3) is 11.3 Å². The Morgan fingerprint density at radius 2 is 1.65 bits per heavy atom. The van der Waals surface area contributed by atoms with Gasteiger partial charge in [-0.25, -0.2) is 0 Å². The van der Waals surface area contributed by atoms with Crippen LogP contribution < -0.4 is 15.2 Å². The summed E-state index contributed by atoms with van der Waals surface area (Å²) < 4.78 is 5.99. The third kappa shape index (κ3) is 2.88. The number of methoxy groups -OCH3 is 1. The maximum absolute atomic E-state index is 13.0. The van der Waals surface area contributed by atoms with Gasteiger partial charge in [-0.05, 0) is 37.1 Å². The number of carbonyl (C=O) groups excluding carboxylic acids is 1. The summed E-state index contributed by atoms with van der Waals surface area (Å²) in [6, 6.07) is 14.1. The van der Waals surface area contributed by atoms with Crippen molar-refractivity contribution in [2.24, 2.45) is 0 Å². The fourth-order valence-electron chi connectivity index (χ4n) is 3.16. The van der Waals surface area contributed by atoms with Crippen LogP contribution in [0.4, 0.5) is 5.69 Å². The first-order valence-electron chi connectivity index (χ1n) is 8.21. The van der Waals surface area contributed by atoms with Crippen LogP contribution in [0, 0.1) is 19.1 Å². The first kappa shape index (κ1) is 17.5. The van der Waals surface area contributed by atoms with Gasteiger partial charge >= 0.3 is 0 Å². The van der Waals surface area contributed by atoms with Crippen LogP contribution in [0.15, 0.2) is 54.7 Å². The SMILES string of the molecule is COc1ccccc1C(=O)c1cc[n+]([O-])c(-c2c(C)cccc2C)c1N. The Hall–Kier alpha value is -3.34. The van der Waals surface area contributed by atoms with Crippen molar-refractivity contribution in [1.82, 2.24) is 0 Å². The maximum Gasteiger partial charge on any atom is 0.248 e. The standard InChI is InChI=1S/C21H20N2O3/c1-13-7-6-8-14(2)18(13)20-19(22)16(11-12-23(20)25)21(24)15-9-4-5-10-17(15)26-3/h4-12H,22H2,1-3H3. The van der Waals surface area contributed by atoms with Gasteiger partial charge in [0, 0.05) is 6.07 Å². The number of anilines is 1. The highest BCUT2D eigenvalue weighted by atomic mass is 16.5. The molecule has 2 N–H and O–H groups in total. The Labute approximate surface area is 152 Å². The van der Waals surface area contributed by atoms with E-state index in [0.717, 1.165) is 16.7 Å². The molecule has 0 radical (unpaired) electrons. The molecule has 5 nitrogen and oxygen atoms in total. The molecule has 0 saturated heterocycles. The molecule has 0 bridgehead atoms. The van der Waals surface area contributed by atoms with Crippen molar-refractivity contribution < 1.29 is 14.3 Å². The van der Waals surface area contributed by atoms with E-state index in [2.05, 4.69) is 0 Å². The fourth-order valence-corrected chi connectivity index (χ4v) is 3.16. The van der Waals surface area contributed by atoms with Gasteiger partial charge in [-0.2, -0.15) is 4.73 Å². The molecule has 3 aromatic rings. The van der Waals surface area contributed by atoms with Crippen molar-refractivity contribution >= 4 is 11.5 Å². The first-order chi connectivity index (χ1) is 12.5. The van der Waals surface area contributed by atoms with Gasteiger partial charge in [-0.15, -0.1) is 0 Å². The van der Waals surface area contributed by atoms with Crippen LogP contribution in [0.5, 0.6) is 5.75 Å². The quantitative estimate of drug-likeness (QED) is 0.445. The summed E-state index contributed by atoms with van der Waals surface area (Å²) in [5, 5.41) is 12.5. The highest BCUT2D eigenvalue weighted by Crippen LogP contribution is 2.32. The van der Waals surface area contributed by atoms with Gasteiger partial charge in [0.15, 0.2) is 12.0 Å². The molecule has 0 spiro atoms. The lowest BCUT2D eigenvalue weighted by molar-refractivity contribution is -0.593. The Morgan fingerprint density at radius 3 is 2.31 bits per heavy atom. The van der Waals surface area contributed by atoms with Gasteiger partial charge in [0.25, 0.3) is 0 Å². The van der Waals surface area contributed by atoms with E-state index in [1.54, 1.807) is 24.3 Å². The van der Waals surface area contributed by atoms with E-state index in [0.29, 0.717) is 21.7 Å². The second-order valence-corrected chi connectivity index (χ2v) is 6.11. The summed E-state index contributed by atoms with van der Waals surface area (Å²) in [6.45, 7) is 3.83. The number of ketones is 1. The van der Waals surface area contributed by atoms with Crippen LogP contribution in [0.1, 0.15) is 27.0 Å². The van der Waals surface area contributed by atoms with Crippen LogP contribution in [-0.2, 0) is 0 Å². The van der Waals surface area contributed by atoms with E-state index in [9.17, 15) is 10.0 Å². The fraction of sp³-hybridized carbons (Fsp3) is 0.143. The van der Waals surface area contributed by atoms with E-state index < -0.39 is 0 Å². The summed E-state index contributed by atoms with van der Waals surface area (Å²) in [4.78, 5) is 13.0. The first-order valence-corrected chi connectivity index (χ1v) is 8.21. The minimum atomic E-state index is -0.284. The third-order valence-corrected chi connectivity index (χ3v) is 4.46. The molecule has 1 aromatic heterocycles. The number of nitrogen functional groups attached to an aromatic ring is 1. The van der Waals surface area contributed by atoms with Gasteiger partial charge < -0.3 is 15.7 Å². The van der Waals surface area contributed by atoms with Crippen molar-refractivity contribution in [2.75, 3.05) is 12.8 Å². The van der Waals surface area contributed by atoms with Crippen molar-refractivity contribution in [2.45, 2.75) is 13.8 Å². The molecular formula is C21H20N2O3. The minimum absolute atomic E-state index is 0.163. The second-order valence-electron chi connectivity index (χ2n) is 6.11. The lowest BCUT2D eigenvalue weighted by Gasteiger charge is -2.15. The monoisotopic (exact) mass is 348 g/mol. The molecule has 0 saturated carbocycles. The number of ether oxygens (including phenoxy) is 1. The summed E-state index contributed by atoms with van der Waals surface area (Å²) >= 11 is 0. The number of hydrogen-bond acceptors (Lipinski definition) is 4. The van der Waals surface area contributed by atoms with Gasteiger partial charge in [0.05, 0.1) is 23.8 Å². The third-order valence-electron chi connectivity index (χ3n) is 4.46. The molecule has 2 aromatic carbocycles. The number of nitrogens with two attached hydrogens (primary N) is 1. The molecule has 0 aliphatic rings. The Kier molecular flexibility index (Phi) is 4.63. The van der Waals surface area contributed by atoms with Crippen LogP contribution in [-0.4, -0.2) is 12.9 Å². The minimum Gasteiger partial charge on any atom is -0.618 e. The number of aryl methyl sites for hydroxylation is 2. The number of rotatable bonds is 4. The zero-order chi connectivity index (χ0) is 18.8. The van der Waals surface area contributed by atoms with E-state index in [-0.39, 0.29) is 17.0 Å².